The molecule has 0 unspecified atom stereocenters. The van der Waals surface area contributed by atoms with Crippen LogP contribution in [0.3, 0.4) is 0 Å². The van der Waals surface area contributed by atoms with Crippen molar-refractivity contribution in [3.63, 3.8) is 0 Å². The molecule has 2 heterocycles. The number of benzene rings is 1. The Labute approximate surface area is 177 Å². The molecule has 1 aromatic carbocycles. The molecule has 0 aliphatic rings. The van der Waals surface area contributed by atoms with Gasteiger partial charge >= 0.3 is 5.97 Å². The lowest BCUT2D eigenvalue weighted by molar-refractivity contribution is -0.115. The number of ether oxygens (including phenoxy) is 1. The summed E-state index contributed by atoms with van der Waals surface area (Å²) < 4.78 is 32.0. The fraction of sp³-hybridized carbons (Fsp3) is 0.158. The topological polar surface area (TPSA) is 127 Å². The van der Waals surface area contributed by atoms with E-state index < -0.39 is 21.9 Å². The average molecular weight is 447 g/mol. The molecule has 0 bridgehead atoms. The summed E-state index contributed by atoms with van der Waals surface area (Å²) in [5, 5.41) is 4.32. The molecule has 2 aromatic heterocycles. The van der Waals surface area contributed by atoms with Gasteiger partial charge in [-0.3, -0.25) is 9.52 Å². The number of hydrogen-bond donors (Lipinski definition) is 2. The van der Waals surface area contributed by atoms with Crippen LogP contribution in [-0.2, 0) is 26.0 Å². The van der Waals surface area contributed by atoms with Gasteiger partial charge in [0, 0.05) is 11.6 Å². The minimum absolute atomic E-state index is 0.0884. The molecule has 0 aliphatic heterocycles. The van der Waals surface area contributed by atoms with Crippen molar-refractivity contribution in [2.24, 2.45) is 0 Å². The largest absolute Gasteiger partial charge is 0.462 e. The molecule has 30 heavy (non-hydrogen) atoms. The summed E-state index contributed by atoms with van der Waals surface area (Å²) in [7, 11) is -3.75. The van der Waals surface area contributed by atoms with E-state index in [0.29, 0.717) is 5.69 Å². The van der Waals surface area contributed by atoms with Gasteiger partial charge in [-0.15, -0.1) is 11.3 Å². The van der Waals surface area contributed by atoms with Gasteiger partial charge in [-0.05, 0) is 31.2 Å². The number of pyridine rings is 1. The summed E-state index contributed by atoms with van der Waals surface area (Å²) >= 11 is 1.07. The molecule has 3 rings (SSSR count). The number of thiazole rings is 1. The Bertz CT molecular complexity index is 1150. The Kier molecular flexibility index (Phi) is 6.75. The van der Waals surface area contributed by atoms with Crippen LogP contribution >= 0.6 is 11.3 Å². The molecule has 0 radical (unpaired) electrons. The first-order valence-corrected chi connectivity index (χ1v) is 11.2. The number of sulfonamides is 1. The predicted molar refractivity (Wildman–Crippen MR) is 112 cm³/mol. The lowest BCUT2D eigenvalue weighted by Gasteiger charge is -2.06. The molecule has 0 aliphatic carbocycles. The first kappa shape index (κ1) is 21.4. The molecular weight excluding hydrogens is 428 g/mol. The van der Waals surface area contributed by atoms with Crippen molar-refractivity contribution in [3.8, 4) is 0 Å². The maximum atomic E-state index is 12.3. The molecule has 9 nitrogen and oxygen atoms in total. The van der Waals surface area contributed by atoms with Crippen molar-refractivity contribution >= 4 is 44.2 Å². The zero-order chi connectivity index (χ0) is 21.6. The summed E-state index contributed by atoms with van der Waals surface area (Å²) in [5.74, 6) is -0.720. The zero-order valence-corrected chi connectivity index (χ0v) is 17.5. The van der Waals surface area contributed by atoms with Gasteiger partial charge in [-0.25, -0.2) is 23.2 Å². The summed E-state index contributed by atoms with van der Waals surface area (Å²) in [6.45, 7) is 1.94. The number of hydrogen-bond acceptors (Lipinski definition) is 8. The second-order valence-corrected chi connectivity index (χ2v) is 8.48. The highest BCUT2D eigenvalue weighted by molar-refractivity contribution is 7.93. The Morgan fingerprint density at radius 3 is 2.67 bits per heavy atom. The average Bonchev–Trinajstić information content (AvgIpc) is 3.14. The van der Waals surface area contributed by atoms with E-state index in [2.05, 4.69) is 20.0 Å². The van der Waals surface area contributed by atoms with E-state index in [4.69, 9.17) is 4.74 Å². The van der Waals surface area contributed by atoms with Gasteiger partial charge in [-0.2, -0.15) is 0 Å². The molecule has 0 fully saturated rings. The third-order valence-electron chi connectivity index (χ3n) is 3.71. The quantitative estimate of drug-likeness (QED) is 0.509. The second kappa shape index (κ2) is 9.46. The molecule has 0 spiro atoms. The van der Waals surface area contributed by atoms with Gasteiger partial charge in [0.1, 0.15) is 5.82 Å². The lowest BCUT2D eigenvalue weighted by atomic mass is 10.2. The highest BCUT2D eigenvalue weighted by atomic mass is 32.2. The number of amides is 1. The third kappa shape index (κ3) is 5.61. The van der Waals surface area contributed by atoms with Crippen molar-refractivity contribution in [2.75, 3.05) is 16.6 Å². The van der Waals surface area contributed by atoms with Crippen LogP contribution < -0.4 is 10.0 Å². The van der Waals surface area contributed by atoms with Gasteiger partial charge in [0.25, 0.3) is 10.0 Å². The maximum absolute atomic E-state index is 12.3. The van der Waals surface area contributed by atoms with Gasteiger partial charge in [0.15, 0.2) is 5.13 Å². The molecule has 2 N–H and O–H groups in total. The number of anilines is 2. The van der Waals surface area contributed by atoms with E-state index in [1.165, 1.54) is 30.5 Å². The highest BCUT2D eigenvalue weighted by Crippen LogP contribution is 2.20. The Morgan fingerprint density at radius 1 is 1.17 bits per heavy atom. The Balaban J connectivity index is 1.62. The summed E-state index contributed by atoms with van der Waals surface area (Å²) in [6, 6.07) is 10.8. The van der Waals surface area contributed by atoms with Crippen LogP contribution in [0, 0.1) is 0 Å². The molecule has 3 aromatic rings. The Hall–Kier alpha value is -3.31. The van der Waals surface area contributed by atoms with E-state index in [1.54, 1.807) is 30.5 Å². The second-order valence-electron chi connectivity index (χ2n) is 5.94. The van der Waals surface area contributed by atoms with Crippen molar-refractivity contribution in [2.45, 2.75) is 18.2 Å². The number of rotatable bonds is 8. The van der Waals surface area contributed by atoms with Crippen LogP contribution in [0.15, 0.2) is 58.9 Å². The first-order valence-electron chi connectivity index (χ1n) is 8.82. The van der Waals surface area contributed by atoms with Crippen LogP contribution in [0.2, 0.25) is 0 Å². The lowest BCUT2D eigenvalue weighted by Crippen LogP contribution is -2.16. The van der Waals surface area contributed by atoms with E-state index in [9.17, 15) is 18.0 Å². The summed E-state index contributed by atoms with van der Waals surface area (Å²) in [4.78, 5) is 32.3. The number of nitrogens with zero attached hydrogens (tertiary/aromatic N) is 2. The third-order valence-corrected chi connectivity index (χ3v) is 6.00. The van der Waals surface area contributed by atoms with Crippen molar-refractivity contribution in [1.29, 1.82) is 0 Å². The smallest absolute Gasteiger partial charge is 0.338 e. The van der Waals surface area contributed by atoms with E-state index >= 15 is 0 Å². The molecular formula is C19H18N4O5S2. The number of esters is 1. The molecule has 1 amide bonds. The van der Waals surface area contributed by atoms with Crippen molar-refractivity contribution in [1.82, 2.24) is 9.97 Å². The fourth-order valence-electron chi connectivity index (χ4n) is 2.40. The minimum atomic E-state index is -3.75. The van der Waals surface area contributed by atoms with Gasteiger partial charge < -0.3 is 10.1 Å². The van der Waals surface area contributed by atoms with Gasteiger partial charge in [0.2, 0.25) is 5.91 Å². The number of nitrogens with one attached hydrogen (secondary N) is 2. The van der Waals surface area contributed by atoms with Crippen LogP contribution in [0.4, 0.5) is 10.9 Å². The van der Waals surface area contributed by atoms with E-state index in [1.807, 2.05) is 0 Å². The van der Waals surface area contributed by atoms with Gasteiger partial charge in [-0.1, -0.05) is 18.2 Å². The van der Waals surface area contributed by atoms with Crippen molar-refractivity contribution < 1.29 is 22.7 Å². The molecule has 0 saturated carbocycles. The summed E-state index contributed by atoms with van der Waals surface area (Å²) in [6.07, 6.45) is 1.30. The molecule has 156 valence electrons. The number of aromatic nitrogens is 2. The Morgan fingerprint density at radius 2 is 1.93 bits per heavy atom. The molecule has 11 heteroatoms. The van der Waals surface area contributed by atoms with Crippen LogP contribution in [0.5, 0.6) is 0 Å². The van der Waals surface area contributed by atoms with Crippen LogP contribution in [-0.4, -0.2) is 36.9 Å². The van der Waals surface area contributed by atoms with E-state index in [-0.39, 0.29) is 34.4 Å². The van der Waals surface area contributed by atoms with Gasteiger partial charge in [0.05, 0.1) is 29.2 Å². The van der Waals surface area contributed by atoms with E-state index in [0.717, 1.165) is 11.3 Å². The van der Waals surface area contributed by atoms with Crippen LogP contribution in [0.1, 0.15) is 23.0 Å². The SMILES string of the molecule is CCOC(=O)c1ccnc(NC(=O)Cc2csc(NS(=O)(=O)c3ccccc3)n2)c1. The highest BCUT2D eigenvalue weighted by Gasteiger charge is 2.17. The monoisotopic (exact) mass is 446 g/mol. The maximum Gasteiger partial charge on any atom is 0.338 e. The molecule has 0 saturated heterocycles. The number of carbonyl (C=O) groups excluding carboxylic acids is 2. The normalized spacial score (nSPS) is 11.0. The fourth-order valence-corrected chi connectivity index (χ4v) is 4.38. The summed E-state index contributed by atoms with van der Waals surface area (Å²) in [5.41, 5.74) is 0.665. The molecule has 0 atom stereocenters. The van der Waals surface area contributed by atoms with Crippen molar-refractivity contribution in [3.05, 3.63) is 65.3 Å². The first-order chi connectivity index (χ1) is 14.4. The zero-order valence-electron chi connectivity index (χ0n) is 15.9. The minimum Gasteiger partial charge on any atom is -0.462 e. The van der Waals surface area contributed by atoms with Crippen LogP contribution in [0.25, 0.3) is 0 Å². The standard InChI is InChI=1S/C19H18N4O5S2/c1-2-28-18(25)13-8-9-20-16(10-13)22-17(24)11-14-12-29-19(21-14)23-30(26,27)15-6-4-3-5-7-15/h3-10,12H,2,11H2,1H3,(H,21,23)(H,20,22,24). The predicted octanol–water partition coefficient (Wildman–Crippen LogP) is 2.70. The number of carbonyl (C=O) groups is 2.